The molecule has 4 fully saturated rings. The summed E-state index contributed by atoms with van der Waals surface area (Å²) in [5.74, 6) is -2.54. The fourth-order valence-electron chi connectivity index (χ4n) is 7.43. The summed E-state index contributed by atoms with van der Waals surface area (Å²) in [6.07, 6.45) is -33.4. The molecule has 0 saturated carbocycles. The lowest BCUT2D eigenvalue weighted by Crippen LogP contribution is -2.65. The van der Waals surface area contributed by atoms with Gasteiger partial charge in [-0.05, 0) is 29.2 Å². The number of nitrogens with one attached hydrogen (secondary N) is 4. The number of aliphatic hydroxyl groups is 13. The molecule has 0 radical (unpaired) electrons. The summed E-state index contributed by atoms with van der Waals surface area (Å²) in [6.45, 7) is -2.21. The minimum absolute atomic E-state index is 0.119. The molecule has 17 N–H and O–H groups in total. The van der Waals surface area contributed by atoms with E-state index >= 15 is 0 Å². The van der Waals surface area contributed by atoms with E-state index in [2.05, 4.69) is 30.4 Å². The third-order valence-corrected chi connectivity index (χ3v) is 11.8. The van der Waals surface area contributed by atoms with Crippen LogP contribution in [0.4, 0.5) is 0 Å². The molecule has 0 aliphatic carbocycles. The summed E-state index contributed by atoms with van der Waals surface area (Å²) < 4.78 is 44.1. The third-order valence-electron chi connectivity index (χ3n) is 11.5. The maximum Gasteiger partial charge on any atom is 0.243 e. The summed E-state index contributed by atoms with van der Waals surface area (Å²) >= 11 is 0. The Kier molecular flexibility index (Phi) is 23.8. The normalized spacial score (nSPS) is 39.1. The van der Waals surface area contributed by atoms with Gasteiger partial charge in [-0.1, -0.05) is 0 Å². The van der Waals surface area contributed by atoms with Gasteiger partial charge in [-0.3, -0.25) is 19.2 Å². The van der Waals surface area contributed by atoms with Crippen molar-refractivity contribution in [2.75, 3.05) is 46.1 Å². The molecular weight excluding hydrogens is 943 g/mol. The lowest BCUT2D eigenvalue weighted by Gasteiger charge is -2.46. The average molecular weight is 1010 g/mol. The van der Waals surface area contributed by atoms with Crippen molar-refractivity contribution in [3.05, 3.63) is 0 Å². The van der Waals surface area contributed by atoms with Gasteiger partial charge in [-0.2, -0.15) is 0 Å². The van der Waals surface area contributed by atoms with E-state index in [1.807, 2.05) is 0 Å². The van der Waals surface area contributed by atoms with Crippen molar-refractivity contribution in [2.45, 2.75) is 168 Å². The lowest BCUT2D eigenvalue weighted by atomic mass is 9.96. The van der Waals surface area contributed by atoms with E-state index < -0.39 is 179 Å². The Morgan fingerprint density at radius 3 is 1.60 bits per heavy atom. The quantitative estimate of drug-likeness (QED) is 0.0315. The first-order valence-electron chi connectivity index (χ1n) is 21.9. The number of rotatable bonds is 24. The molecule has 4 aliphatic heterocycles. The highest BCUT2D eigenvalue weighted by Crippen LogP contribution is 2.31. The highest BCUT2D eigenvalue weighted by atomic mass is 31.0. The number of hydrogen-bond donors (Lipinski definition) is 17. The van der Waals surface area contributed by atoms with Gasteiger partial charge in [0.1, 0.15) is 97.6 Å². The molecule has 0 bridgehead atoms. The van der Waals surface area contributed by atoms with E-state index in [0.717, 1.165) is 0 Å². The van der Waals surface area contributed by atoms with Crippen LogP contribution in [0.2, 0.25) is 0 Å². The highest BCUT2D eigenvalue weighted by molar-refractivity contribution is 7.15. The van der Waals surface area contributed by atoms with E-state index in [9.17, 15) is 85.6 Å². The second-order valence-corrected chi connectivity index (χ2v) is 16.8. The number of unbranched alkanes of at least 4 members (excludes halogenated alkanes) is 1. The van der Waals surface area contributed by atoms with Gasteiger partial charge in [0.05, 0.1) is 45.6 Å². The second kappa shape index (κ2) is 27.9. The molecule has 30 heteroatoms. The molecule has 0 aromatic heterocycles. The zero-order chi connectivity index (χ0) is 50.4. The molecule has 68 heavy (non-hydrogen) atoms. The predicted octanol–water partition coefficient (Wildman–Crippen LogP) is -10.1. The topological polar surface area (TPSA) is 453 Å². The van der Waals surface area contributed by atoms with Crippen molar-refractivity contribution >= 4 is 33.0 Å². The number of carbonyl (C=O) groups excluding carboxylic acids is 4. The zero-order valence-electron chi connectivity index (χ0n) is 36.9. The Hall–Kier alpha value is -2.53. The highest BCUT2D eigenvalue weighted by Gasteiger charge is 2.52. The lowest BCUT2D eigenvalue weighted by molar-refractivity contribution is -0.366. The molecule has 4 saturated heterocycles. The second-order valence-electron chi connectivity index (χ2n) is 16.5. The minimum Gasteiger partial charge on any atom is -0.394 e. The van der Waals surface area contributed by atoms with Crippen LogP contribution in [0.5, 0.6) is 0 Å². The molecule has 29 nitrogen and oxygen atoms in total. The van der Waals surface area contributed by atoms with Crippen molar-refractivity contribution in [1.82, 2.24) is 21.0 Å². The molecule has 4 rings (SSSR count). The van der Waals surface area contributed by atoms with Crippen LogP contribution in [0.1, 0.15) is 39.0 Å². The third kappa shape index (κ3) is 15.7. The summed E-state index contributed by atoms with van der Waals surface area (Å²) in [4.78, 5) is 50.8. The molecule has 394 valence electrons. The van der Waals surface area contributed by atoms with Crippen LogP contribution in [0.25, 0.3) is 0 Å². The Morgan fingerprint density at radius 1 is 0.544 bits per heavy atom. The van der Waals surface area contributed by atoms with Crippen molar-refractivity contribution < 1.29 is 123 Å². The molecular formula is C38H67N4O25P. The number of carbonyl (C=O) groups is 4. The van der Waals surface area contributed by atoms with Crippen LogP contribution in [-0.2, 0) is 57.1 Å². The molecule has 22 atom stereocenters. The van der Waals surface area contributed by atoms with Gasteiger partial charge < -0.3 is 125 Å². The number of aliphatic hydroxyl groups excluding tert-OH is 13. The maximum atomic E-state index is 13.4. The van der Waals surface area contributed by atoms with Crippen LogP contribution in [0.15, 0.2) is 0 Å². The van der Waals surface area contributed by atoms with Gasteiger partial charge in [-0.25, -0.2) is 0 Å². The molecule has 4 heterocycles. The minimum atomic E-state index is -1.99. The Labute approximate surface area is 391 Å². The Balaban J connectivity index is 1.40. The molecule has 4 amide bonds. The van der Waals surface area contributed by atoms with E-state index in [1.54, 1.807) is 0 Å². The predicted molar refractivity (Wildman–Crippen MR) is 222 cm³/mol. The van der Waals surface area contributed by atoms with Gasteiger partial charge in [0.15, 0.2) is 25.2 Å². The van der Waals surface area contributed by atoms with Gasteiger partial charge in [0, 0.05) is 25.9 Å². The fourth-order valence-corrected chi connectivity index (χ4v) is 7.58. The maximum absolute atomic E-state index is 13.4. The largest absolute Gasteiger partial charge is 0.394 e. The standard InChI is InChI=1S/C38H67N4O25P/c1-14-22(48)26(52)29(55)35(63-14)60-8-6-39-21(47)10-15(41-19(45)4-2-3-5-20(46)42-68)34(59)40-7-9-61-37-32(58)33(67-38-31(57)28(54)24(50)17(12-44)65-38)25(51)18(66-37)13-62-36-30(56)27(53)23(49)16(11-43)64-36/h14-18,22-33,35-38,43-44,48-58H,2-13,68H2,1H3,(H,39,47)(H,40,59)(H,41,45)(H,42,46)/t14-,15?,16+,17+,18+,22+,23+,24+,25+,26+,27-,28-,29-,30-,31-,32-,33-,35+,36-,37-,38+/m0/s1. The average Bonchev–Trinajstić information content (AvgIpc) is 3.32. The fraction of sp³-hybridized carbons (Fsp3) is 0.895. The number of ether oxygens (including phenoxy) is 8. The van der Waals surface area contributed by atoms with Crippen molar-refractivity contribution in [2.24, 2.45) is 0 Å². The van der Waals surface area contributed by atoms with E-state index in [0.29, 0.717) is 6.42 Å². The monoisotopic (exact) mass is 1010 g/mol. The SMILES string of the molecule is C[C@@H]1O[C@@H](OCCNC(=O)CC(NC(=O)CCCCC(=O)NP)C(=O)NCCO[C@H]2O[C@H](CO[C@H]3O[C@H](CO)[C@@H](O)[C@H](O)[C@@H]3O)[C@@H](O)[C@H](O[C@H]3O[C@H](CO)[C@@H](O)[C@H](O)[C@@H]3O)[C@@H]2O)[C@@H](O)[C@H](O)[C@@H]1O. The van der Waals surface area contributed by atoms with Crippen molar-refractivity contribution in [3.63, 3.8) is 0 Å². The molecule has 4 aliphatic rings. The van der Waals surface area contributed by atoms with E-state index in [-0.39, 0.29) is 44.9 Å². The van der Waals surface area contributed by atoms with Gasteiger partial charge in [-0.15, -0.1) is 0 Å². The van der Waals surface area contributed by atoms with Gasteiger partial charge in [0.2, 0.25) is 23.6 Å². The van der Waals surface area contributed by atoms with Crippen molar-refractivity contribution in [3.8, 4) is 0 Å². The van der Waals surface area contributed by atoms with E-state index in [4.69, 9.17) is 37.9 Å². The summed E-state index contributed by atoms with van der Waals surface area (Å²) in [7, 11) is 2.06. The molecule has 0 spiro atoms. The summed E-state index contributed by atoms with van der Waals surface area (Å²) in [6, 6.07) is -1.48. The molecule has 2 unspecified atom stereocenters. The van der Waals surface area contributed by atoms with Crippen LogP contribution >= 0.6 is 9.39 Å². The zero-order valence-corrected chi connectivity index (χ0v) is 38.1. The first-order chi connectivity index (χ1) is 32.2. The first kappa shape index (κ1) is 58.0. The summed E-state index contributed by atoms with van der Waals surface area (Å²) in [5, 5.41) is 144. The first-order valence-corrected chi connectivity index (χ1v) is 22.5. The summed E-state index contributed by atoms with van der Waals surface area (Å²) in [5.41, 5.74) is 0. The molecule has 0 aromatic rings. The van der Waals surface area contributed by atoms with Crippen LogP contribution < -0.4 is 21.0 Å². The smallest absolute Gasteiger partial charge is 0.243 e. The number of amides is 4. The number of hydrogen-bond acceptors (Lipinski definition) is 25. The van der Waals surface area contributed by atoms with Gasteiger partial charge in [0.25, 0.3) is 0 Å². The van der Waals surface area contributed by atoms with Crippen LogP contribution in [0.3, 0.4) is 0 Å². The van der Waals surface area contributed by atoms with Crippen LogP contribution in [-0.4, -0.2) is 265 Å². The van der Waals surface area contributed by atoms with Gasteiger partial charge >= 0.3 is 0 Å². The Bertz CT molecular complexity index is 1580. The Morgan fingerprint density at radius 2 is 1.03 bits per heavy atom. The molecule has 0 aromatic carbocycles. The van der Waals surface area contributed by atoms with E-state index in [1.165, 1.54) is 6.92 Å². The van der Waals surface area contributed by atoms with Crippen molar-refractivity contribution in [1.29, 1.82) is 0 Å². The van der Waals surface area contributed by atoms with Crippen LogP contribution in [0, 0.1) is 0 Å².